The number of likely N-dealkylation sites (tertiary alicyclic amines) is 1. The average Bonchev–Trinajstić information content (AvgIpc) is 2.55. The summed E-state index contributed by atoms with van der Waals surface area (Å²) in [6.07, 6.45) is 4.07. The maximum absolute atomic E-state index is 12.8. The Kier molecular flexibility index (Phi) is 4.09. The van der Waals surface area contributed by atoms with Gasteiger partial charge in [0.1, 0.15) is 11.2 Å². The van der Waals surface area contributed by atoms with Crippen LogP contribution in [0.25, 0.3) is 5.65 Å². The Morgan fingerprint density at radius 1 is 1.33 bits per heavy atom. The van der Waals surface area contributed by atoms with E-state index in [1.165, 1.54) is 15.5 Å². The van der Waals surface area contributed by atoms with Crippen LogP contribution < -0.4 is 5.56 Å². The smallest absolute Gasteiger partial charge is 0.308 e. The van der Waals surface area contributed by atoms with Crippen molar-refractivity contribution in [1.29, 1.82) is 0 Å². The van der Waals surface area contributed by atoms with Gasteiger partial charge in [0.15, 0.2) is 0 Å². The number of hydrogen-bond donors (Lipinski definition) is 1. The number of aromatic nitrogens is 2. The first-order valence-corrected chi connectivity index (χ1v) is 7.92. The summed E-state index contributed by atoms with van der Waals surface area (Å²) in [4.78, 5) is 42.4. The topological polar surface area (TPSA) is 92.0 Å². The van der Waals surface area contributed by atoms with E-state index in [0.717, 1.165) is 5.56 Å². The predicted molar refractivity (Wildman–Crippen MR) is 87.1 cm³/mol. The lowest BCUT2D eigenvalue weighted by Gasteiger charge is -2.37. The quantitative estimate of drug-likeness (QED) is 0.897. The molecule has 0 aliphatic carbocycles. The largest absolute Gasteiger partial charge is 0.481 e. The van der Waals surface area contributed by atoms with E-state index >= 15 is 0 Å². The Labute approximate surface area is 138 Å². The van der Waals surface area contributed by atoms with Crippen molar-refractivity contribution >= 4 is 17.5 Å². The molecule has 0 bridgehead atoms. The SMILES string of the molecule is Cc1ccc2ncc(C(=O)N3CCC[C@@H](C(=O)O)[C@H]3C)c(=O)n2c1. The molecule has 0 radical (unpaired) electrons. The van der Waals surface area contributed by atoms with E-state index in [1.54, 1.807) is 19.2 Å². The zero-order valence-corrected chi connectivity index (χ0v) is 13.6. The first-order valence-electron chi connectivity index (χ1n) is 7.92. The van der Waals surface area contributed by atoms with Gasteiger partial charge in [-0.15, -0.1) is 0 Å². The average molecular weight is 329 g/mol. The molecule has 0 saturated carbocycles. The number of amides is 1. The van der Waals surface area contributed by atoms with E-state index in [4.69, 9.17) is 0 Å². The maximum Gasteiger partial charge on any atom is 0.308 e. The number of hydrogen-bond acceptors (Lipinski definition) is 4. The van der Waals surface area contributed by atoms with Crippen LogP contribution in [0.3, 0.4) is 0 Å². The normalized spacial score (nSPS) is 21.0. The Morgan fingerprint density at radius 3 is 2.79 bits per heavy atom. The fourth-order valence-electron chi connectivity index (χ4n) is 3.24. The molecule has 0 spiro atoms. The van der Waals surface area contributed by atoms with E-state index in [1.807, 2.05) is 13.0 Å². The highest BCUT2D eigenvalue weighted by molar-refractivity contribution is 5.94. The summed E-state index contributed by atoms with van der Waals surface area (Å²) in [6.45, 7) is 4.01. The van der Waals surface area contributed by atoms with Gasteiger partial charge < -0.3 is 10.0 Å². The number of carbonyl (C=O) groups excluding carboxylic acids is 1. The van der Waals surface area contributed by atoms with Gasteiger partial charge in [0.2, 0.25) is 0 Å². The summed E-state index contributed by atoms with van der Waals surface area (Å²) in [5.74, 6) is -1.98. The molecule has 1 saturated heterocycles. The van der Waals surface area contributed by atoms with Crippen molar-refractivity contribution in [3.05, 3.63) is 46.0 Å². The van der Waals surface area contributed by atoms with Gasteiger partial charge in [0.25, 0.3) is 11.5 Å². The van der Waals surface area contributed by atoms with E-state index in [0.29, 0.717) is 25.0 Å². The number of carboxylic acids is 1. The molecule has 1 fully saturated rings. The standard InChI is InChI=1S/C17H19N3O4/c1-10-5-6-14-18-8-13(16(22)20(14)9-10)15(21)19-7-3-4-12(11(19)2)17(23)24/h5-6,8-9,11-12H,3-4,7H2,1-2H3,(H,23,24)/t11-,12-/m1/s1. The highest BCUT2D eigenvalue weighted by Gasteiger charge is 2.36. The Balaban J connectivity index is 2.01. The number of carbonyl (C=O) groups is 2. The highest BCUT2D eigenvalue weighted by atomic mass is 16.4. The molecule has 1 aliphatic heterocycles. The zero-order chi connectivity index (χ0) is 17.4. The maximum atomic E-state index is 12.8. The minimum atomic E-state index is -0.913. The zero-order valence-electron chi connectivity index (χ0n) is 13.6. The molecule has 7 heteroatoms. The number of fused-ring (bicyclic) bond motifs is 1. The molecule has 1 N–H and O–H groups in total. The first-order chi connectivity index (χ1) is 11.4. The summed E-state index contributed by atoms with van der Waals surface area (Å²) < 4.78 is 1.35. The van der Waals surface area contributed by atoms with Crippen molar-refractivity contribution in [1.82, 2.24) is 14.3 Å². The van der Waals surface area contributed by atoms with Gasteiger partial charge in [-0.3, -0.25) is 18.8 Å². The summed E-state index contributed by atoms with van der Waals surface area (Å²) >= 11 is 0. The lowest BCUT2D eigenvalue weighted by atomic mass is 9.90. The molecule has 2 atom stereocenters. The van der Waals surface area contributed by atoms with Crippen LogP contribution in [0.2, 0.25) is 0 Å². The molecule has 0 unspecified atom stereocenters. The minimum Gasteiger partial charge on any atom is -0.481 e. The first kappa shape index (κ1) is 16.2. The van der Waals surface area contributed by atoms with Crippen LogP contribution in [0.15, 0.2) is 29.3 Å². The molecule has 7 nitrogen and oxygen atoms in total. The van der Waals surface area contributed by atoms with Gasteiger partial charge in [-0.1, -0.05) is 6.07 Å². The number of nitrogens with zero attached hydrogens (tertiary/aromatic N) is 3. The van der Waals surface area contributed by atoms with Crippen LogP contribution in [-0.4, -0.2) is 43.9 Å². The number of pyridine rings is 1. The molecule has 2 aromatic heterocycles. The fraction of sp³-hybridized carbons (Fsp3) is 0.412. The minimum absolute atomic E-state index is 0.0315. The lowest BCUT2D eigenvalue weighted by Crippen LogP contribution is -2.50. The molecule has 24 heavy (non-hydrogen) atoms. The molecule has 126 valence electrons. The van der Waals surface area contributed by atoms with E-state index in [-0.39, 0.29) is 5.56 Å². The molecule has 1 amide bonds. The number of rotatable bonds is 2. The summed E-state index contributed by atoms with van der Waals surface area (Å²) in [6, 6.07) is 3.10. The van der Waals surface area contributed by atoms with Crippen molar-refractivity contribution in [2.24, 2.45) is 5.92 Å². The highest BCUT2D eigenvalue weighted by Crippen LogP contribution is 2.24. The molecule has 2 aromatic rings. The molecule has 0 aromatic carbocycles. The predicted octanol–water partition coefficient (Wildman–Crippen LogP) is 1.33. The lowest BCUT2D eigenvalue weighted by molar-refractivity contribution is -0.144. The second-order valence-electron chi connectivity index (χ2n) is 6.24. The summed E-state index contributed by atoms with van der Waals surface area (Å²) in [5, 5.41) is 9.29. The van der Waals surface area contributed by atoms with Gasteiger partial charge in [0, 0.05) is 25.0 Å². The van der Waals surface area contributed by atoms with Crippen molar-refractivity contribution < 1.29 is 14.7 Å². The van der Waals surface area contributed by atoms with Crippen molar-refractivity contribution in [2.75, 3.05) is 6.54 Å². The number of aliphatic carboxylic acids is 1. The third kappa shape index (κ3) is 2.66. The Hall–Kier alpha value is -2.70. The van der Waals surface area contributed by atoms with Crippen molar-refractivity contribution in [2.45, 2.75) is 32.7 Å². The second-order valence-corrected chi connectivity index (χ2v) is 6.24. The number of piperidine rings is 1. The van der Waals surface area contributed by atoms with Crippen molar-refractivity contribution in [3.63, 3.8) is 0 Å². The number of carboxylic acid groups (broad SMARTS) is 1. The van der Waals surface area contributed by atoms with E-state index in [9.17, 15) is 19.5 Å². The summed E-state index contributed by atoms with van der Waals surface area (Å²) in [5.41, 5.74) is 0.889. The van der Waals surface area contributed by atoms with Crippen LogP contribution in [-0.2, 0) is 4.79 Å². The Morgan fingerprint density at radius 2 is 2.08 bits per heavy atom. The summed E-state index contributed by atoms with van der Waals surface area (Å²) in [7, 11) is 0. The van der Waals surface area contributed by atoms with Crippen molar-refractivity contribution in [3.8, 4) is 0 Å². The van der Waals surface area contributed by atoms with Crippen LogP contribution in [0.1, 0.15) is 35.7 Å². The molecule has 1 aliphatic rings. The monoisotopic (exact) mass is 329 g/mol. The van der Waals surface area contributed by atoms with E-state index < -0.39 is 29.4 Å². The van der Waals surface area contributed by atoms with Gasteiger partial charge in [-0.25, -0.2) is 4.98 Å². The van der Waals surface area contributed by atoms with Crippen LogP contribution >= 0.6 is 0 Å². The Bertz CT molecular complexity index is 874. The second kappa shape index (κ2) is 6.07. The van der Waals surface area contributed by atoms with E-state index in [2.05, 4.69) is 4.98 Å². The third-order valence-electron chi connectivity index (χ3n) is 4.65. The molecular formula is C17H19N3O4. The van der Waals surface area contributed by atoms with Crippen LogP contribution in [0.5, 0.6) is 0 Å². The third-order valence-corrected chi connectivity index (χ3v) is 4.65. The van der Waals surface area contributed by atoms with Crippen LogP contribution in [0, 0.1) is 12.8 Å². The van der Waals surface area contributed by atoms with Gasteiger partial charge in [-0.2, -0.15) is 0 Å². The molecule has 3 rings (SSSR count). The molecule has 3 heterocycles. The van der Waals surface area contributed by atoms with Gasteiger partial charge in [0.05, 0.1) is 5.92 Å². The van der Waals surface area contributed by atoms with Crippen LogP contribution in [0.4, 0.5) is 0 Å². The molecular weight excluding hydrogens is 310 g/mol. The number of aryl methyl sites for hydroxylation is 1. The fourth-order valence-corrected chi connectivity index (χ4v) is 3.24. The van der Waals surface area contributed by atoms with Gasteiger partial charge >= 0.3 is 5.97 Å². The van der Waals surface area contributed by atoms with Gasteiger partial charge in [-0.05, 0) is 38.3 Å².